The monoisotopic (exact) mass is 479 g/mol. The highest BCUT2D eigenvalue weighted by Gasteiger charge is 2.50. The van der Waals surface area contributed by atoms with Crippen LogP contribution in [-0.4, -0.2) is 56.3 Å². The minimum absolute atomic E-state index is 0.0406. The Morgan fingerprint density at radius 2 is 1.78 bits per heavy atom. The van der Waals surface area contributed by atoms with Gasteiger partial charge in [0, 0.05) is 38.1 Å². The summed E-state index contributed by atoms with van der Waals surface area (Å²) >= 11 is 0. The molecule has 0 radical (unpaired) electrons. The Morgan fingerprint density at radius 1 is 1.16 bits per heavy atom. The number of halogens is 3. The first-order valence-corrected chi connectivity index (χ1v) is 11.1. The standard InChI is InChI=1S/C20H24F3NO7S/c1-18(2,3)30-17(25)24-9-7-19(8-10-24)12-16(31-32(26,27)20(21,22)23)14-6-5-13(28-4)11-15(14)29-19/h5-6,11-12H,7-10H2,1-4H3. The van der Waals surface area contributed by atoms with Gasteiger partial charge in [-0.05, 0) is 32.9 Å². The number of nitrogens with zero attached hydrogens (tertiary/aromatic N) is 1. The van der Waals surface area contributed by atoms with Crippen LogP contribution in [0.4, 0.5) is 18.0 Å². The lowest BCUT2D eigenvalue weighted by atomic mass is 9.87. The number of carbonyl (C=O) groups is 1. The van der Waals surface area contributed by atoms with E-state index in [1.54, 1.807) is 20.8 Å². The molecule has 1 spiro atoms. The van der Waals surface area contributed by atoms with Crippen molar-refractivity contribution >= 4 is 22.0 Å². The van der Waals surface area contributed by atoms with Crippen LogP contribution in [0.25, 0.3) is 5.76 Å². The molecule has 8 nitrogen and oxygen atoms in total. The number of amides is 1. The molecule has 1 amide bonds. The minimum atomic E-state index is -5.90. The largest absolute Gasteiger partial charge is 0.534 e. The Morgan fingerprint density at radius 3 is 2.31 bits per heavy atom. The van der Waals surface area contributed by atoms with Crippen molar-refractivity contribution in [3.63, 3.8) is 0 Å². The third-order valence-corrected chi connectivity index (χ3v) is 5.87. The van der Waals surface area contributed by atoms with Crippen LogP contribution in [0.5, 0.6) is 11.5 Å². The lowest BCUT2D eigenvalue weighted by Crippen LogP contribution is -2.50. The molecular weight excluding hydrogens is 455 g/mol. The number of piperidine rings is 1. The van der Waals surface area contributed by atoms with E-state index in [1.807, 2.05) is 0 Å². The molecule has 0 atom stereocenters. The normalized spacial score (nSPS) is 18.3. The lowest BCUT2D eigenvalue weighted by molar-refractivity contribution is -0.0512. The van der Waals surface area contributed by atoms with Gasteiger partial charge in [0.25, 0.3) is 0 Å². The first kappa shape index (κ1) is 24.0. The van der Waals surface area contributed by atoms with E-state index in [9.17, 15) is 26.4 Å². The van der Waals surface area contributed by atoms with Crippen LogP contribution in [0.2, 0.25) is 0 Å². The SMILES string of the molecule is COc1ccc2c(c1)OC1(C=C2OS(=O)(=O)C(F)(F)F)CCN(C(=O)OC(C)(C)C)CC1. The summed E-state index contributed by atoms with van der Waals surface area (Å²) in [5.74, 6) is -0.00749. The zero-order chi connectivity index (χ0) is 23.9. The zero-order valence-electron chi connectivity index (χ0n) is 18.0. The number of likely N-dealkylation sites (tertiary alicyclic amines) is 1. The van der Waals surface area contributed by atoms with Crippen molar-refractivity contribution < 1.29 is 44.8 Å². The van der Waals surface area contributed by atoms with Crippen LogP contribution in [0.15, 0.2) is 24.3 Å². The van der Waals surface area contributed by atoms with Gasteiger partial charge in [-0.3, -0.25) is 0 Å². The molecule has 12 heteroatoms. The van der Waals surface area contributed by atoms with Crippen molar-refractivity contribution in [2.75, 3.05) is 20.2 Å². The molecule has 0 aliphatic carbocycles. The molecule has 2 aliphatic heterocycles. The Bertz CT molecular complexity index is 1020. The van der Waals surface area contributed by atoms with E-state index in [1.165, 1.54) is 36.3 Å². The number of hydrogen-bond acceptors (Lipinski definition) is 7. The summed E-state index contributed by atoms with van der Waals surface area (Å²) in [5, 5.41) is 0. The molecule has 178 valence electrons. The number of rotatable bonds is 3. The van der Waals surface area contributed by atoms with Gasteiger partial charge < -0.3 is 23.3 Å². The van der Waals surface area contributed by atoms with Crippen molar-refractivity contribution in [2.24, 2.45) is 0 Å². The molecule has 1 saturated heterocycles. The summed E-state index contributed by atoms with van der Waals surface area (Å²) in [6.45, 7) is 5.57. The predicted molar refractivity (Wildman–Crippen MR) is 107 cm³/mol. The van der Waals surface area contributed by atoms with E-state index in [0.29, 0.717) is 5.75 Å². The Balaban J connectivity index is 1.91. The van der Waals surface area contributed by atoms with Crippen molar-refractivity contribution in [1.29, 1.82) is 0 Å². The first-order chi connectivity index (χ1) is 14.6. The maximum atomic E-state index is 12.9. The predicted octanol–water partition coefficient (Wildman–Crippen LogP) is 4.06. The van der Waals surface area contributed by atoms with Crippen LogP contribution < -0.4 is 9.47 Å². The fourth-order valence-electron chi connectivity index (χ4n) is 3.36. The molecule has 2 aliphatic rings. The van der Waals surface area contributed by atoms with E-state index in [4.69, 9.17) is 14.2 Å². The molecule has 1 fully saturated rings. The van der Waals surface area contributed by atoms with E-state index < -0.39 is 38.7 Å². The molecule has 1 aromatic rings. The summed E-state index contributed by atoms with van der Waals surface area (Å²) in [6.07, 6.45) is 1.08. The van der Waals surface area contributed by atoms with Gasteiger partial charge in [0.15, 0.2) is 5.76 Å². The lowest BCUT2D eigenvalue weighted by Gasteiger charge is -2.42. The molecule has 32 heavy (non-hydrogen) atoms. The molecule has 1 aromatic carbocycles. The van der Waals surface area contributed by atoms with Crippen molar-refractivity contribution in [3.05, 3.63) is 29.8 Å². The van der Waals surface area contributed by atoms with Crippen LogP contribution >= 0.6 is 0 Å². The number of fused-ring (bicyclic) bond motifs is 1. The van der Waals surface area contributed by atoms with Gasteiger partial charge in [-0.25, -0.2) is 4.79 Å². The second kappa shape index (κ2) is 8.05. The number of methoxy groups -OCH3 is 1. The van der Waals surface area contributed by atoms with E-state index in [0.717, 1.165) is 0 Å². The summed E-state index contributed by atoms with van der Waals surface area (Å²) < 4.78 is 83.2. The topological polar surface area (TPSA) is 91.4 Å². The van der Waals surface area contributed by atoms with Crippen LogP contribution in [0.1, 0.15) is 39.2 Å². The van der Waals surface area contributed by atoms with Gasteiger partial charge in [0.05, 0.1) is 12.7 Å². The van der Waals surface area contributed by atoms with Crippen molar-refractivity contribution in [2.45, 2.75) is 50.3 Å². The molecule has 0 N–H and O–H groups in total. The van der Waals surface area contributed by atoms with Crippen LogP contribution in [-0.2, 0) is 19.0 Å². The van der Waals surface area contributed by atoms with Gasteiger partial charge >= 0.3 is 21.7 Å². The molecule has 0 saturated carbocycles. The molecule has 0 bridgehead atoms. The average Bonchev–Trinajstić information content (AvgIpc) is 2.65. The Kier molecular flexibility index (Phi) is 6.05. The highest BCUT2D eigenvalue weighted by molar-refractivity contribution is 7.87. The molecular formula is C20H24F3NO7S. The summed E-state index contributed by atoms with van der Waals surface area (Å²) in [7, 11) is -4.49. The fourth-order valence-corrected chi connectivity index (χ4v) is 3.83. The molecule has 0 aromatic heterocycles. The zero-order valence-corrected chi connectivity index (χ0v) is 18.8. The number of ether oxygens (including phenoxy) is 3. The van der Waals surface area contributed by atoms with E-state index in [2.05, 4.69) is 4.18 Å². The molecule has 2 heterocycles. The second-order valence-electron chi connectivity index (χ2n) is 8.49. The third kappa shape index (κ3) is 5.05. The molecule has 0 unspecified atom stereocenters. The second-order valence-corrected chi connectivity index (χ2v) is 10.0. The highest BCUT2D eigenvalue weighted by Crippen LogP contribution is 2.44. The number of hydrogen-bond donors (Lipinski definition) is 0. The average molecular weight is 479 g/mol. The Hall–Kier alpha value is -2.63. The van der Waals surface area contributed by atoms with Crippen molar-refractivity contribution in [3.8, 4) is 11.5 Å². The van der Waals surface area contributed by atoms with Gasteiger partial charge in [0.2, 0.25) is 0 Å². The van der Waals surface area contributed by atoms with Gasteiger partial charge in [-0.1, -0.05) is 0 Å². The van der Waals surface area contributed by atoms with Gasteiger partial charge in [-0.2, -0.15) is 21.6 Å². The third-order valence-electron chi connectivity index (χ3n) is 4.91. The van der Waals surface area contributed by atoms with Gasteiger partial charge in [0.1, 0.15) is 22.7 Å². The number of alkyl halides is 3. The maximum absolute atomic E-state index is 12.9. The highest BCUT2D eigenvalue weighted by atomic mass is 32.2. The van der Waals surface area contributed by atoms with Crippen molar-refractivity contribution in [1.82, 2.24) is 4.90 Å². The summed E-state index contributed by atoms with van der Waals surface area (Å²) in [6, 6.07) is 4.24. The minimum Gasteiger partial charge on any atom is -0.497 e. The molecule has 3 rings (SSSR count). The number of benzene rings is 1. The first-order valence-electron chi connectivity index (χ1n) is 9.74. The van der Waals surface area contributed by atoms with Crippen LogP contribution in [0.3, 0.4) is 0 Å². The number of carbonyl (C=O) groups excluding carboxylic acids is 1. The smallest absolute Gasteiger partial charge is 0.497 e. The maximum Gasteiger partial charge on any atom is 0.534 e. The van der Waals surface area contributed by atoms with E-state index >= 15 is 0 Å². The Labute approximate surface area is 184 Å². The summed E-state index contributed by atoms with van der Waals surface area (Å²) in [4.78, 5) is 13.8. The van der Waals surface area contributed by atoms with E-state index in [-0.39, 0.29) is 37.2 Å². The quantitative estimate of drug-likeness (QED) is 0.477. The fraction of sp³-hybridized carbons (Fsp3) is 0.550. The summed E-state index contributed by atoms with van der Waals surface area (Å²) in [5.41, 5.74) is -7.41. The van der Waals surface area contributed by atoms with Crippen LogP contribution in [0, 0.1) is 0 Å². The van der Waals surface area contributed by atoms with Gasteiger partial charge in [-0.15, -0.1) is 0 Å².